The topological polar surface area (TPSA) is 104 Å². The first kappa shape index (κ1) is 19.2. The zero-order valence-electron chi connectivity index (χ0n) is 18.3. The number of carbonyl (C=O) groups excluding carboxylic acids is 1. The largest absolute Gasteiger partial charge is 0.449 e. The molecule has 0 bridgehead atoms. The lowest BCUT2D eigenvalue weighted by molar-refractivity contribution is 0.0998. The Balaban J connectivity index is 1.25. The number of aryl methyl sites for hydroxylation is 1. The first-order valence-corrected chi connectivity index (χ1v) is 11.5. The number of pyridine rings is 1. The molecule has 0 atom stereocenters. The number of furan rings is 1. The van der Waals surface area contributed by atoms with Crippen molar-refractivity contribution in [3.05, 3.63) is 72.3 Å². The van der Waals surface area contributed by atoms with E-state index in [0.717, 1.165) is 55.0 Å². The molecule has 9 nitrogen and oxygen atoms in total. The number of nitrogens with one attached hydrogen (secondary N) is 1. The highest BCUT2D eigenvalue weighted by molar-refractivity contribution is 6.09. The molecule has 0 saturated heterocycles. The van der Waals surface area contributed by atoms with Crippen molar-refractivity contribution in [1.29, 1.82) is 0 Å². The number of anilines is 1. The summed E-state index contributed by atoms with van der Waals surface area (Å²) in [6.07, 6.45) is 8.05. The van der Waals surface area contributed by atoms with Crippen molar-refractivity contribution in [3.63, 3.8) is 0 Å². The standard InChI is InChI=1S/C25H21N7O2/c33-25(28-20-8-3-6-17(27-20)24-30-29-21-9-4-12-32(21)24)23-22(16-5-1-2-7-19(16)34-23)31-13-18(26-14-31)15-10-11-15/h1-3,5-8,13-15H,4,9-12H2,(H,27,28,33). The molecule has 1 aromatic carbocycles. The van der Waals surface area contributed by atoms with Crippen LogP contribution in [0.25, 0.3) is 28.2 Å². The Morgan fingerprint density at radius 1 is 1.09 bits per heavy atom. The summed E-state index contributed by atoms with van der Waals surface area (Å²) in [5, 5.41) is 12.3. The predicted octanol–water partition coefficient (Wildman–Crippen LogP) is 4.35. The van der Waals surface area contributed by atoms with Crippen molar-refractivity contribution >= 4 is 22.7 Å². The maximum absolute atomic E-state index is 13.4. The minimum Gasteiger partial charge on any atom is -0.449 e. The second-order valence-corrected chi connectivity index (χ2v) is 8.81. The van der Waals surface area contributed by atoms with Crippen LogP contribution in [0.15, 0.2) is 59.4 Å². The van der Waals surface area contributed by atoms with E-state index in [1.807, 2.05) is 47.2 Å². The third-order valence-electron chi connectivity index (χ3n) is 6.46. The summed E-state index contributed by atoms with van der Waals surface area (Å²) in [4.78, 5) is 22.6. The Kier molecular flexibility index (Phi) is 4.17. The summed E-state index contributed by atoms with van der Waals surface area (Å²) < 4.78 is 9.99. The SMILES string of the molecule is O=C(Nc1cccc(-c2nnc3n2CCC3)n1)c1oc2ccccc2c1-n1cnc(C2CC2)c1. The highest BCUT2D eigenvalue weighted by Crippen LogP contribution is 2.40. The molecule has 7 rings (SSSR count). The van der Waals surface area contributed by atoms with Crippen molar-refractivity contribution in [1.82, 2.24) is 29.3 Å². The highest BCUT2D eigenvalue weighted by atomic mass is 16.3. The number of rotatable bonds is 5. The van der Waals surface area contributed by atoms with E-state index in [2.05, 4.69) is 30.0 Å². The van der Waals surface area contributed by atoms with Gasteiger partial charge in [-0.25, -0.2) is 9.97 Å². The van der Waals surface area contributed by atoms with Gasteiger partial charge in [0.1, 0.15) is 28.6 Å². The normalized spacial score (nSPS) is 15.1. The maximum Gasteiger partial charge on any atom is 0.294 e. The van der Waals surface area contributed by atoms with Gasteiger partial charge in [0.15, 0.2) is 5.82 Å². The molecular formula is C25H21N7O2. The van der Waals surface area contributed by atoms with E-state index < -0.39 is 0 Å². The van der Waals surface area contributed by atoms with Crippen LogP contribution >= 0.6 is 0 Å². The van der Waals surface area contributed by atoms with Gasteiger partial charge in [-0.15, -0.1) is 10.2 Å². The van der Waals surface area contributed by atoms with Gasteiger partial charge < -0.3 is 18.9 Å². The van der Waals surface area contributed by atoms with E-state index in [9.17, 15) is 4.79 Å². The van der Waals surface area contributed by atoms with E-state index >= 15 is 0 Å². The summed E-state index contributed by atoms with van der Waals surface area (Å²) in [5.74, 6) is 2.49. The number of hydrogen-bond acceptors (Lipinski definition) is 6. The van der Waals surface area contributed by atoms with Crippen LogP contribution in [-0.2, 0) is 13.0 Å². The lowest BCUT2D eigenvalue weighted by Gasteiger charge is -2.07. The second kappa shape index (κ2) is 7.38. The first-order chi connectivity index (χ1) is 16.7. The molecule has 168 valence electrons. The monoisotopic (exact) mass is 451 g/mol. The van der Waals surface area contributed by atoms with Crippen molar-refractivity contribution in [3.8, 4) is 17.2 Å². The Hall–Kier alpha value is -4.27. The Labute approximate surface area is 194 Å². The number of aromatic nitrogens is 6. The zero-order valence-corrected chi connectivity index (χ0v) is 18.3. The van der Waals surface area contributed by atoms with Gasteiger partial charge in [0.2, 0.25) is 5.76 Å². The molecule has 1 aliphatic heterocycles. The highest BCUT2D eigenvalue weighted by Gasteiger charge is 2.28. The van der Waals surface area contributed by atoms with Crippen LogP contribution in [0.4, 0.5) is 5.82 Å². The van der Waals surface area contributed by atoms with E-state index in [0.29, 0.717) is 28.7 Å². The summed E-state index contributed by atoms with van der Waals surface area (Å²) in [6.45, 7) is 0.881. The van der Waals surface area contributed by atoms with Gasteiger partial charge in [-0.1, -0.05) is 18.2 Å². The third-order valence-corrected chi connectivity index (χ3v) is 6.46. The van der Waals surface area contributed by atoms with Gasteiger partial charge in [-0.2, -0.15) is 0 Å². The van der Waals surface area contributed by atoms with E-state index in [-0.39, 0.29) is 11.7 Å². The number of amides is 1. The van der Waals surface area contributed by atoms with Crippen molar-refractivity contribution < 1.29 is 9.21 Å². The number of imidazole rings is 1. The molecule has 5 heterocycles. The van der Waals surface area contributed by atoms with Crippen LogP contribution in [0.3, 0.4) is 0 Å². The van der Waals surface area contributed by atoms with E-state index in [4.69, 9.17) is 4.42 Å². The van der Waals surface area contributed by atoms with E-state index in [1.54, 1.807) is 12.4 Å². The van der Waals surface area contributed by atoms with Crippen molar-refractivity contribution in [2.24, 2.45) is 0 Å². The van der Waals surface area contributed by atoms with Crippen molar-refractivity contribution in [2.75, 3.05) is 5.32 Å². The Bertz CT molecular complexity index is 1560. The molecule has 9 heteroatoms. The molecule has 5 aromatic rings. The molecule has 34 heavy (non-hydrogen) atoms. The minimum absolute atomic E-state index is 0.219. The average molecular weight is 451 g/mol. The minimum atomic E-state index is -0.371. The molecule has 1 amide bonds. The van der Waals surface area contributed by atoms with E-state index in [1.165, 1.54) is 0 Å². The lowest BCUT2D eigenvalue weighted by Crippen LogP contribution is -2.14. The van der Waals surface area contributed by atoms with Crippen LogP contribution in [0, 0.1) is 0 Å². The first-order valence-electron chi connectivity index (χ1n) is 11.5. The summed E-state index contributed by atoms with van der Waals surface area (Å²) >= 11 is 0. The molecule has 4 aromatic heterocycles. The number of fused-ring (bicyclic) bond motifs is 2. The van der Waals surface area contributed by atoms with Gasteiger partial charge >= 0.3 is 0 Å². The van der Waals surface area contributed by atoms with Crippen LogP contribution in [0.1, 0.15) is 47.3 Å². The molecule has 1 fully saturated rings. The second-order valence-electron chi connectivity index (χ2n) is 8.81. The maximum atomic E-state index is 13.4. The number of carbonyl (C=O) groups is 1. The molecule has 1 N–H and O–H groups in total. The van der Waals surface area contributed by atoms with Gasteiger partial charge in [0.25, 0.3) is 5.91 Å². The molecular weight excluding hydrogens is 430 g/mol. The fourth-order valence-electron chi connectivity index (χ4n) is 4.63. The quantitative estimate of drug-likeness (QED) is 0.426. The number of para-hydroxylation sites is 1. The van der Waals surface area contributed by atoms with Crippen molar-refractivity contribution in [2.45, 2.75) is 38.1 Å². The fourth-order valence-corrected chi connectivity index (χ4v) is 4.63. The van der Waals surface area contributed by atoms with Gasteiger partial charge in [0.05, 0.1) is 12.0 Å². The molecule has 0 radical (unpaired) electrons. The number of nitrogens with zero attached hydrogens (tertiary/aromatic N) is 6. The molecule has 2 aliphatic rings. The number of benzene rings is 1. The smallest absolute Gasteiger partial charge is 0.294 e. The van der Waals surface area contributed by atoms with Crippen LogP contribution in [0.5, 0.6) is 0 Å². The Morgan fingerprint density at radius 3 is 2.91 bits per heavy atom. The summed E-state index contributed by atoms with van der Waals surface area (Å²) in [5.41, 5.74) is 3.04. The molecule has 1 aliphatic carbocycles. The third kappa shape index (κ3) is 3.12. The molecule has 0 unspecified atom stereocenters. The molecule has 1 saturated carbocycles. The van der Waals surface area contributed by atoms with Gasteiger partial charge in [-0.05, 0) is 43.5 Å². The summed E-state index contributed by atoms with van der Waals surface area (Å²) in [6, 6.07) is 13.1. The van der Waals surface area contributed by atoms with Crippen LogP contribution < -0.4 is 5.32 Å². The fraction of sp³-hybridized carbons (Fsp3) is 0.240. The van der Waals surface area contributed by atoms with Crippen LogP contribution in [0.2, 0.25) is 0 Å². The zero-order chi connectivity index (χ0) is 22.6. The van der Waals surface area contributed by atoms with Crippen LogP contribution in [-0.4, -0.2) is 35.2 Å². The average Bonchev–Trinajstić information content (AvgIpc) is 3.23. The lowest BCUT2D eigenvalue weighted by atomic mass is 10.2. The van der Waals surface area contributed by atoms with Gasteiger partial charge in [-0.3, -0.25) is 4.79 Å². The van der Waals surface area contributed by atoms with Gasteiger partial charge in [0, 0.05) is 30.5 Å². The Morgan fingerprint density at radius 2 is 2.00 bits per heavy atom. The number of hydrogen-bond donors (Lipinski definition) is 1. The predicted molar refractivity (Wildman–Crippen MR) is 125 cm³/mol. The summed E-state index contributed by atoms with van der Waals surface area (Å²) in [7, 11) is 0. The molecule has 0 spiro atoms.